The molecule has 1 unspecified atom stereocenters. The number of carbonyl (C=O) groups is 3. The van der Waals surface area contributed by atoms with Crippen LogP contribution in [0.25, 0.3) is 10.8 Å². The SMILES string of the molecule is CC(=O)N/C=C\C(=O)F.CCC(CC)OC.C[B]NC(C)C(=O)OC(C)C.c1ccc2ccccc2c1. The van der Waals surface area contributed by atoms with Gasteiger partial charge in [-0.05, 0) is 44.4 Å². The van der Waals surface area contributed by atoms with Crippen molar-refractivity contribution in [2.75, 3.05) is 7.11 Å². The molecule has 0 heterocycles. The van der Waals surface area contributed by atoms with Crippen LogP contribution in [0.5, 0.6) is 0 Å². The van der Waals surface area contributed by atoms with E-state index in [0.717, 1.165) is 19.0 Å². The molecule has 2 rings (SSSR count). The molecule has 9 heteroatoms. The minimum Gasteiger partial charge on any atom is -0.462 e. The fraction of sp³-hybridized carbons (Fsp3) is 0.464. The highest BCUT2D eigenvalue weighted by molar-refractivity contribution is 6.30. The number of allylic oxidation sites excluding steroid dienone is 1. The van der Waals surface area contributed by atoms with Crippen LogP contribution in [0, 0.1) is 0 Å². The second-order valence-corrected chi connectivity index (χ2v) is 8.02. The lowest BCUT2D eigenvalue weighted by Gasteiger charge is -2.13. The van der Waals surface area contributed by atoms with Crippen molar-refractivity contribution in [2.45, 2.75) is 79.5 Å². The summed E-state index contributed by atoms with van der Waals surface area (Å²) in [5, 5.41) is 7.57. The van der Waals surface area contributed by atoms with E-state index in [1.165, 1.54) is 17.7 Å². The van der Waals surface area contributed by atoms with E-state index in [0.29, 0.717) is 12.2 Å². The average molecular weight is 517 g/mol. The van der Waals surface area contributed by atoms with E-state index >= 15 is 0 Å². The van der Waals surface area contributed by atoms with Crippen molar-refractivity contribution in [1.82, 2.24) is 10.5 Å². The van der Waals surface area contributed by atoms with Gasteiger partial charge in [0.2, 0.25) is 13.3 Å². The number of esters is 1. The number of hydrogen-bond donors (Lipinski definition) is 2. The van der Waals surface area contributed by atoms with Crippen LogP contribution >= 0.6 is 0 Å². The van der Waals surface area contributed by atoms with Crippen molar-refractivity contribution < 1.29 is 28.2 Å². The maximum atomic E-state index is 11.3. The molecule has 1 radical (unpaired) electrons. The molecule has 0 aromatic heterocycles. The first-order valence-corrected chi connectivity index (χ1v) is 12.4. The first kappa shape index (κ1) is 36.1. The Kier molecular flexibility index (Phi) is 22.8. The quantitative estimate of drug-likeness (QED) is 0.201. The Bertz CT molecular complexity index is 849. The van der Waals surface area contributed by atoms with Gasteiger partial charge < -0.3 is 20.0 Å². The van der Waals surface area contributed by atoms with Crippen LogP contribution in [-0.2, 0) is 23.9 Å². The molecule has 0 bridgehead atoms. The Morgan fingerprint density at radius 3 is 1.70 bits per heavy atom. The van der Waals surface area contributed by atoms with Crippen LogP contribution in [0.15, 0.2) is 60.8 Å². The third kappa shape index (κ3) is 21.9. The van der Waals surface area contributed by atoms with Gasteiger partial charge in [0.05, 0.1) is 18.2 Å². The zero-order valence-corrected chi connectivity index (χ0v) is 23.4. The number of halogens is 1. The van der Waals surface area contributed by atoms with Gasteiger partial charge in [0.25, 0.3) is 0 Å². The van der Waals surface area contributed by atoms with Crippen LogP contribution < -0.4 is 10.5 Å². The number of ether oxygens (including phenoxy) is 2. The van der Waals surface area contributed by atoms with E-state index < -0.39 is 6.04 Å². The van der Waals surface area contributed by atoms with Crippen LogP contribution in [0.4, 0.5) is 4.39 Å². The van der Waals surface area contributed by atoms with Gasteiger partial charge in [-0.2, -0.15) is 4.39 Å². The van der Waals surface area contributed by atoms with Gasteiger partial charge in [-0.1, -0.05) is 69.2 Å². The molecule has 0 fully saturated rings. The highest BCUT2D eigenvalue weighted by Gasteiger charge is 2.13. The number of nitrogens with one attached hydrogen (secondary N) is 2. The summed E-state index contributed by atoms with van der Waals surface area (Å²) in [5.41, 5.74) is 0. The Labute approximate surface area is 222 Å². The monoisotopic (exact) mass is 517 g/mol. The van der Waals surface area contributed by atoms with Gasteiger partial charge in [0, 0.05) is 26.3 Å². The normalized spacial score (nSPS) is 10.8. The summed E-state index contributed by atoms with van der Waals surface area (Å²) >= 11 is 0. The maximum absolute atomic E-state index is 11.3. The van der Waals surface area contributed by atoms with Crippen LogP contribution in [0.3, 0.4) is 0 Å². The smallest absolute Gasteiger partial charge is 0.326 e. The molecule has 0 aliphatic heterocycles. The summed E-state index contributed by atoms with van der Waals surface area (Å²) in [7, 11) is 3.49. The Morgan fingerprint density at radius 1 is 0.973 bits per heavy atom. The van der Waals surface area contributed by atoms with Crippen molar-refractivity contribution in [2.24, 2.45) is 0 Å². The zero-order chi connectivity index (χ0) is 28.6. The standard InChI is InChI=1S/C10H8.C7H15BNO2.C6H14O.C5H6FNO2/c1-2-6-10-8-4-3-7-9(10)5-1;1-5(2)11-7(10)6(3)9-8-4;1-4-6(5-2)7-3;1-4(8)7-3-2-5(6)9/h1-8H;5-6,9H,1-4H3;6H,4-5H2,1-3H3;2-3H,1H3,(H,7,8)/b;;;3-2-. The molecule has 0 aliphatic carbocycles. The third-order valence-corrected chi connectivity index (χ3v) is 4.53. The van der Waals surface area contributed by atoms with Crippen molar-refractivity contribution in [1.29, 1.82) is 0 Å². The number of fused-ring (bicyclic) bond motifs is 1. The van der Waals surface area contributed by atoms with E-state index in [9.17, 15) is 18.8 Å². The Hall–Kier alpha value is -3.04. The molecule has 1 atom stereocenters. The number of methoxy groups -OCH3 is 1. The first-order chi connectivity index (χ1) is 17.5. The van der Waals surface area contributed by atoms with Gasteiger partial charge in [-0.25, -0.2) is 0 Å². The summed E-state index contributed by atoms with van der Waals surface area (Å²) < 4.78 is 21.3. The lowest BCUT2D eigenvalue weighted by Crippen LogP contribution is -2.37. The highest BCUT2D eigenvalue weighted by atomic mass is 19.1. The lowest BCUT2D eigenvalue weighted by molar-refractivity contribution is -0.149. The highest BCUT2D eigenvalue weighted by Crippen LogP contribution is 2.11. The topological polar surface area (TPSA) is 93.7 Å². The van der Waals surface area contributed by atoms with E-state index in [1.54, 1.807) is 21.4 Å². The van der Waals surface area contributed by atoms with Crippen LogP contribution in [-0.4, -0.2) is 50.7 Å². The third-order valence-electron chi connectivity index (χ3n) is 4.53. The Morgan fingerprint density at radius 2 is 1.43 bits per heavy atom. The van der Waals surface area contributed by atoms with Crippen LogP contribution in [0.2, 0.25) is 6.82 Å². The lowest BCUT2D eigenvalue weighted by atomic mass is 9.98. The van der Waals surface area contributed by atoms with E-state index in [1.807, 2.05) is 20.7 Å². The van der Waals surface area contributed by atoms with Gasteiger partial charge in [-0.3, -0.25) is 14.4 Å². The zero-order valence-electron chi connectivity index (χ0n) is 23.4. The molecule has 37 heavy (non-hydrogen) atoms. The first-order valence-electron chi connectivity index (χ1n) is 12.4. The van der Waals surface area contributed by atoms with Gasteiger partial charge in [0.15, 0.2) is 0 Å². The van der Waals surface area contributed by atoms with Crippen molar-refractivity contribution >= 4 is 36.1 Å². The minimum atomic E-state index is -1.58. The molecule has 205 valence electrons. The fourth-order valence-corrected chi connectivity index (χ4v) is 2.63. The number of benzene rings is 2. The fourth-order valence-electron chi connectivity index (χ4n) is 2.63. The summed E-state index contributed by atoms with van der Waals surface area (Å²) in [4.78, 5) is 30.6. The van der Waals surface area contributed by atoms with Gasteiger partial charge in [0.1, 0.15) is 0 Å². The molecule has 2 aromatic carbocycles. The van der Waals surface area contributed by atoms with Gasteiger partial charge >= 0.3 is 12.0 Å². The molecule has 1 amide bonds. The van der Waals surface area contributed by atoms with Crippen molar-refractivity contribution in [3.8, 4) is 0 Å². The average Bonchev–Trinajstić information content (AvgIpc) is 2.86. The molecule has 0 saturated heterocycles. The summed E-state index contributed by atoms with van der Waals surface area (Å²) in [5.74, 6) is -0.550. The summed E-state index contributed by atoms with van der Waals surface area (Å²) in [6, 6.07) is 14.9. The van der Waals surface area contributed by atoms with E-state index in [2.05, 4.69) is 72.9 Å². The Balaban J connectivity index is 0. The number of rotatable bonds is 9. The molecule has 0 saturated carbocycles. The molecule has 0 aliphatic rings. The second kappa shape index (κ2) is 23.4. The number of carbonyl (C=O) groups excluding carboxylic acids is 3. The molecular weight excluding hydrogens is 474 g/mol. The van der Waals surface area contributed by atoms with Crippen molar-refractivity contribution in [3.05, 3.63) is 60.8 Å². The van der Waals surface area contributed by atoms with E-state index in [-0.39, 0.29) is 24.0 Å². The predicted octanol–water partition coefficient (Wildman–Crippen LogP) is 5.38. The van der Waals surface area contributed by atoms with E-state index in [4.69, 9.17) is 9.47 Å². The number of hydrogen-bond acceptors (Lipinski definition) is 6. The minimum absolute atomic E-state index is 0.0383. The second-order valence-electron chi connectivity index (χ2n) is 8.02. The van der Waals surface area contributed by atoms with Crippen LogP contribution in [0.1, 0.15) is 54.4 Å². The summed E-state index contributed by atoms with van der Waals surface area (Å²) in [6.07, 6.45) is 4.29. The predicted molar refractivity (Wildman–Crippen MR) is 150 cm³/mol. The largest absolute Gasteiger partial charge is 0.462 e. The molecule has 2 N–H and O–H groups in total. The number of amides is 1. The molecule has 7 nitrogen and oxygen atoms in total. The van der Waals surface area contributed by atoms with Gasteiger partial charge in [-0.15, -0.1) is 0 Å². The molecule has 0 spiro atoms. The molecular formula is C28H43BFN2O5. The van der Waals surface area contributed by atoms with Crippen molar-refractivity contribution in [3.63, 3.8) is 0 Å². The summed E-state index contributed by atoms with van der Waals surface area (Å²) in [6.45, 7) is 12.8. The maximum Gasteiger partial charge on any atom is 0.326 e. The molecule has 2 aromatic rings.